The Kier molecular flexibility index (Phi) is 6.20. The number of hydrogen-bond acceptors (Lipinski definition) is 3. The molecule has 4 heteroatoms. The smallest absolute Gasteiger partial charge is 0.205 e. The van der Waals surface area contributed by atoms with Gasteiger partial charge >= 0.3 is 0 Å². The standard InChI is InChI=1S/C8H14O2S2/c1-3-5-7-11-12(9,10)8-6-4-2/h3-6H,7-8H2,1-2H3/b5-3+,6-4+. The highest BCUT2D eigenvalue weighted by molar-refractivity contribution is 8.72. The fourth-order valence-electron chi connectivity index (χ4n) is 0.501. The molecular weight excluding hydrogens is 192 g/mol. The zero-order valence-corrected chi connectivity index (χ0v) is 8.99. The summed E-state index contributed by atoms with van der Waals surface area (Å²) in [5.41, 5.74) is 0. The Labute approximate surface area is 78.1 Å². The first-order valence-electron chi connectivity index (χ1n) is 3.72. The van der Waals surface area contributed by atoms with E-state index in [1.54, 1.807) is 12.2 Å². The van der Waals surface area contributed by atoms with Gasteiger partial charge in [-0.25, -0.2) is 8.42 Å². The second kappa shape index (κ2) is 6.31. The zero-order chi connectivity index (χ0) is 9.45. The summed E-state index contributed by atoms with van der Waals surface area (Å²) < 4.78 is 22.3. The summed E-state index contributed by atoms with van der Waals surface area (Å²) in [4.78, 5) is 0. The summed E-state index contributed by atoms with van der Waals surface area (Å²) in [5.74, 6) is 0.669. The Balaban J connectivity index is 3.88. The van der Waals surface area contributed by atoms with Gasteiger partial charge in [0.2, 0.25) is 8.87 Å². The summed E-state index contributed by atoms with van der Waals surface area (Å²) in [6.07, 6.45) is 7.07. The average Bonchev–Trinajstić information content (AvgIpc) is 2.01. The molecule has 0 N–H and O–H groups in total. The van der Waals surface area contributed by atoms with E-state index in [1.807, 2.05) is 26.0 Å². The molecule has 2 nitrogen and oxygen atoms in total. The molecule has 0 radical (unpaired) electrons. The molecule has 0 rings (SSSR count). The Bertz CT molecular complexity index is 250. The first-order chi connectivity index (χ1) is 5.62. The van der Waals surface area contributed by atoms with Gasteiger partial charge in [-0.15, -0.1) is 0 Å². The van der Waals surface area contributed by atoms with Crippen LogP contribution in [0.2, 0.25) is 0 Å². The van der Waals surface area contributed by atoms with Crippen molar-refractivity contribution < 1.29 is 8.42 Å². The lowest BCUT2D eigenvalue weighted by atomic mass is 10.6. The lowest BCUT2D eigenvalue weighted by Gasteiger charge is -1.95. The minimum absolute atomic E-state index is 0.131. The van der Waals surface area contributed by atoms with Crippen LogP contribution in [0.1, 0.15) is 13.8 Å². The predicted molar refractivity (Wildman–Crippen MR) is 55.9 cm³/mol. The van der Waals surface area contributed by atoms with E-state index < -0.39 is 8.87 Å². The molecule has 0 aromatic carbocycles. The van der Waals surface area contributed by atoms with Crippen LogP contribution in [0, 0.1) is 0 Å². The van der Waals surface area contributed by atoms with Crippen LogP contribution >= 0.6 is 10.8 Å². The molecule has 0 atom stereocenters. The largest absolute Gasteiger partial charge is 0.217 e. The minimum atomic E-state index is -2.94. The fourth-order valence-corrected chi connectivity index (χ4v) is 2.89. The van der Waals surface area contributed by atoms with Crippen LogP contribution in [0.5, 0.6) is 0 Å². The molecule has 0 saturated carbocycles. The molecule has 70 valence electrons. The second-order valence-corrected chi connectivity index (χ2v) is 6.40. The minimum Gasteiger partial charge on any atom is -0.217 e. The average molecular weight is 206 g/mol. The van der Waals surface area contributed by atoms with Crippen LogP contribution in [0.15, 0.2) is 24.3 Å². The Morgan fingerprint density at radius 2 is 1.75 bits per heavy atom. The van der Waals surface area contributed by atoms with E-state index in [0.717, 1.165) is 10.8 Å². The lowest BCUT2D eigenvalue weighted by molar-refractivity contribution is 0.613. The molecule has 0 aliphatic carbocycles. The van der Waals surface area contributed by atoms with Crippen molar-refractivity contribution in [3.05, 3.63) is 24.3 Å². The number of allylic oxidation sites excluding steroid dienone is 2. The lowest BCUT2D eigenvalue weighted by Crippen LogP contribution is -1.98. The predicted octanol–water partition coefficient (Wildman–Crippen LogP) is 2.20. The van der Waals surface area contributed by atoms with Crippen molar-refractivity contribution >= 4 is 19.7 Å². The van der Waals surface area contributed by atoms with Crippen molar-refractivity contribution in [1.29, 1.82) is 0 Å². The highest BCUT2D eigenvalue weighted by Crippen LogP contribution is 2.12. The van der Waals surface area contributed by atoms with E-state index in [2.05, 4.69) is 0 Å². The third kappa shape index (κ3) is 6.49. The first-order valence-corrected chi connectivity index (χ1v) is 6.87. The molecule has 0 unspecified atom stereocenters. The van der Waals surface area contributed by atoms with Crippen LogP contribution in [0.25, 0.3) is 0 Å². The SMILES string of the molecule is C/C=C/CSS(=O)(=O)C/C=C/C. The molecule has 0 aromatic heterocycles. The second-order valence-electron chi connectivity index (χ2n) is 2.15. The summed E-state index contributed by atoms with van der Waals surface area (Å²) >= 11 is 0. The van der Waals surface area contributed by atoms with Gasteiger partial charge in [0.05, 0.1) is 5.75 Å². The summed E-state index contributed by atoms with van der Waals surface area (Å²) in [5, 5.41) is 0. The third-order valence-corrected chi connectivity index (χ3v) is 4.30. The zero-order valence-electron chi connectivity index (χ0n) is 7.36. The van der Waals surface area contributed by atoms with Crippen molar-refractivity contribution in [3.63, 3.8) is 0 Å². The molecule has 0 aliphatic rings. The summed E-state index contributed by atoms with van der Waals surface area (Å²) in [6, 6.07) is 0. The van der Waals surface area contributed by atoms with E-state index in [0.29, 0.717) is 5.75 Å². The molecule has 12 heavy (non-hydrogen) atoms. The van der Waals surface area contributed by atoms with Crippen molar-refractivity contribution in [2.45, 2.75) is 13.8 Å². The molecule has 0 heterocycles. The van der Waals surface area contributed by atoms with Crippen molar-refractivity contribution in [2.24, 2.45) is 0 Å². The maximum absolute atomic E-state index is 11.1. The van der Waals surface area contributed by atoms with Gasteiger partial charge in [-0.3, -0.25) is 0 Å². The monoisotopic (exact) mass is 206 g/mol. The van der Waals surface area contributed by atoms with Crippen molar-refractivity contribution in [2.75, 3.05) is 11.5 Å². The molecule has 0 spiro atoms. The van der Waals surface area contributed by atoms with E-state index in [-0.39, 0.29) is 5.75 Å². The van der Waals surface area contributed by atoms with Crippen LogP contribution in [-0.2, 0) is 8.87 Å². The van der Waals surface area contributed by atoms with Gasteiger partial charge in [-0.1, -0.05) is 24.3 Å². The molecule has 0 saturated heterocycles. The molecule has 0 bridgehead atoms. The Morgan fingerprint density at radius 3 is 2.25 bits per heavy atom. The highest BCUT2D eigenvalue weighted by atomic mass is 33.1. The van der Waals surface area contributed by atoms with E-state index in [9.17, 15) is 8.42 Å². The van der Waals surface area contributed by atoms with Crippen LogP contribution < -0.4 is 0 Å². The van der Waals surface area contributed by atoms with E-state index >= 15 is 0 Å². The molecule has 0 aliphatic heterocycles. The highest BCUT2D eigenvalue weighted by Gasteiger charge is 2.06. The van der Waals surface area contributed by atoms with Crippen LogP contribution in [0.4, 0.5) is 0 Å². The van der Waals surface area contributed by atoms with Crippen molar-refractivity contribution in [1.82, 2.24) is 0 Å². The third-order valence-electron chi connectivity index (χ3n) is 1.12. The first kappa shape index (κ1) is 11.8. The van der Waals surface area contributed by atoms with Gasteiger partial charge in [0.25, 0.3) is 0 Å². The Hall–Kier alpha value is -0.220. The van der Waals surface area contributed by atoms with E-state index in [1.165, 1.54) is 0 Å². The van der Waals surface area contributed by atoms with Crippen molar-refractivity contribution in [3.8, 4) is 0 Å². The molecule has 0 fully saturated rings. The van der Waals surface area contributed by atoms with Gasteiger partial charge < -0.3 is 0 Å². The van der Waals surface area contributed by atoms with Gasteiger partial charge in [0.1, 0.15) is 0 Å². The van der Waals surface area contributed by atoms with Gasteiger partial charge in [0.15, 0.2) is 0 Å². The van der Waals surface area contributed by atoms with Gasteiger partial charge in [-0.05, 0) is 24.6 Å². The topological polar surface area (TPSA) is 34.1 Å². The van der Waals surface area contributed by atoms with Gasteiger partial charge in [0, 0.05) is 5.75 Å². The maximum atomic E-state index is 11.1. The fraction of sp³-hybridized carbons (Fsp3) is 0.500. The van der Waals surface area contributed by atoms with E-state index in [4.69, 9.17) is 0 Å². The number of hydrogen-bond donors (Lipinski definition) is 0. The molecular formula is C8H14O2S2. The van der Waals surface area contributed by atoms with Crippen LogP contribution in [-0.4, -0.2) is 19.9 Å². The quantitative estimate of drug-likeness (QED) is 0.511. The summed E-state index contributed by atoms with van der Waals surface area (Å²) in [6.45, 7) is 3.69. The van der Waals surface area contributed by atoms with Gasteiger partial charge in [-0.2, -0.15) is 0 Å². The maximum Gasteiger partial charge on any atom is 0.205 e. The Morgan fingerprint density at radius 1 is 1.17 bits per heavy atom. The molecule has 0 amide bonds. The summed E-state index contributed by atoms with van der Waals surface area (Å²) in [7, 11) is -1.96. The molecule has 0 aromatic rings. The van der Waals surface area contributed by atoms with Crippen LogP contribution in [0.3, 0.4) is 0 Å². The number of rotatable bonds is 5. The normalized spacial score (nSPS) is 13.2.